The summed E-state index contributed by atoms with van der Waals surface area (Å²) in [7, 11) is 1.75. The van der Waals surface area contributed by atoms with Crippen LogP contribution in [0.4, 0.5) is 11.5 Å². The molecule has 0 unspecified atom stereocenters. The Morgan fingerprint density at radius 3 is 2.50 bits per heavy atom. The highest BCUT2D eigenvalue weighted by Crippen LogP contribution is 2.32. The van der Waals surface area contributed by atoms with Crippen LogP contribution in [-0.4, -0.2) is 21.2 Å². The maximum Gasteiger partial charge on any atom is 0.333 e. The van der Waals surface area contributed by atoms with Crippen molar-refractivity contribution in [3.05, 3.63) is 15.8 Å². The number of hydrogen-bond donors (Lipinski definition) is 1. The van der Waals surface area contributed by atoms with E-state index in [-0.39, 0.29) is 16.0 Å². The van der Waals surface area contributed by atoms with E-state index < -0.39 is 0 Å². The molecule has 20 heavy (non-hydrogen) atoms. The van der Waals surface area contributed by atoms with Crippen molar-refractivity contribution in [1.82, 2.24) is 9.78 Å². The average Bonchev–Trinajstić information content (AvgIpc) is 2.63. The van der Waals surface area contributed by atoms with Crippen LogP contribution >= 0.6 is 0 Å². The highest BCUT2D eigenvalue weighted by Gasteiger charge is 2.28. The Hall–Kier alpha value is -1.59. The Kier molecular flexibility index (Phi) is 5.14. The average molecular weight is 282 g/mol. The van der Waals surface area contributed by atoms with E-state index in [0.29, 0.717) is 30.4 Å². The van der Waals surface area contributed by atoms with Crippen molar-refractivity contribution < 1.29 is 4.92 Å². The van der Waals surface area contributed by atoms with E-state index in [1.54, 1.807) is 11.7 Å². The Morgan fingerprint density at radius 2 is 2.05 bits per heavy atom. The molecule has 0 bridgehead atoms. The quantitative estimate of drug-likeness (QED) is 0.614. The Balaban J connectivity index is 3.03. The Morgan fingerprint density at radius 1 is 1.45 bits per heavy atom. The van der Waals surface area contributed by atoms with E-state index >= 15 is 0 Å². The second kappa shape index (κ2) is 6.24. The maximum atomic E-state index is 11.3. The molecule has 1 N–H and O–H groups in total. The number of rotatable bonds is 7. The third-order valence-corrected chi connectivity index (χ3v) is 4.04. The van der Waals surface area contributed by atoms with Crippen LogP contribution in [-0.2, 0) is 13.5 Å². The van der Waals surface area contributed by atoms with Crippen LogP contribution in [0.15, 0.2) is 0 Å². The van der Waals surface area contributed by atoms with Crippen molar-refractivity contribution in [3.8, 4) is 0 Å². The minimum Gasteiger partial charge on any atom is -0.364 e. The molecule has 1 aromatic rings. The van der Waals surface area contributed by atoms with Crippen LogP contribution in [0.5, 0.6) is 0 Å². The van der Waals surface area contributed by atoms with E-state index in [9.17, 15) is 10.1 Å². The summed E-state index contributed by atoms with van der Waals surface area (Å²) in [5.74, 6) is 0.990. The Labute approximate surface area is 120 Å². The molecule has 1 aromatic heterocycles. The summed E-state index contributed by atoms with van der Waals surface area (Å²) in [6, 6.07) is 0. The van der Waals surface area contributed by atoms with Gasteiger partial charge in [0, 0.05) is 13.6 Å². The number of nitrogens with zero attached hydrogens (tertiary/aromatic N) is 3. The molecule has 6 heteroatoms. The largest absolute Gasteiger partial charge is 0.364 e. The molecule has 0 aliphatic carbocycles. The third kappa shape index (κ3) is 3.49. The zero-order valence-corrected chi connectivity index (χ0v) is 13.4. The van der Waals surface area contributed by atoms with Crippen LogP contribution in [0.25, 0.3) is 0 Å². The number of nitro groups is 1. The van der Waals surface area contributed by atoms with Crippen molar-refractivity contribution in [1.29, 1.82) is 0 Å². The monoisotopic (exact) mass is 282 g/mol. The molecule has 0 amide bonds. The van der Waals surface area contributed by atoms with Crippen LogP contribution in [0, 0.1) is 21.4 Å². The molecule has 0 aliphatic heterocycles. The standard InChI is InChI=1S/C14H26N4O2/c1-7-8-11-12(18(19)20)13(17(6)16-11)15-9-14(4,5)10(2)3/h10,15H,7-9H2,1-6H3. The molecule has 0 fully saturated rings. The summed E-state index contributed by atoms with van der Waals surface area (Å²) in [4.78, 5) is 11.0. The van der Waals surface area contributed by atoms with Crippen LogP contribution in [0.1, 0.15) is 46.7 Å². The fourth-order valence-electron chi connectivity index (χ4n) is 1.88. The number of aromatic nitrogens is 2. The van der Waals surface area contributed by atoms with Crippen molar-refractivity contribution in [3.63, 3.8) is 0 Å². The summed E-state index contributed by atoms with van der Waals surface area (Å²) >= 11 is 0. The SMILES string of the molecule is CCCc1nn(C)c(NCC(C)(C)C(C)C)c1[N+](=O)[O-]. The third-order valence-electron chi connectivity index (χ3n) is 4.04. The summed E-state index contributed by atoms with van der Waals surface area (Å²) in [5, 5.41) is 18.8. The first kappa shape index (κ1) is 16.5. The van der Waals surface area contributed by atoms with Crippen LogP contribution in [0.3, 0.4) is 0 Å². The van der Waals surface area contributed by atoms with E-state index in [1.807, 2.05) is 6.92 Å². The van der Waals surface area contributed by atoms with Gasteiger partial charge >= 0.3 is 5.69 Å². The van der Waals surface area contributed by atoms with E-state index in [2.05, 4.69) is 38.1 Å². The lowest BCUT2D eigenvalue weighted by Gasteiger charge is -2.29. The predicted molar refractivity (Wildman–Crippen MR) is 81.0 cm³/mol. The fraction of sp³-hybridized carbons (Fsp3) is 0.786. The highest BCUT2D eigenvalue weighted by atomic mass is 16.6. The van der Waals surface area contributed by atoms with Gasteiger partial charge < -0.3 is 5.32 Å². The molecule has 0 spiro atoms. The summed E-state index contributed by atoms with van der Waals surface area (Å²) < 4.78 is 1.58. The fourth-order valence-corrected chi connectivity index (χ4v) is 1.88. The first-order valence-corrected chi connectivity index (χ1v) is 7.14. The minimum absolute atomic E-state index is 0.0586. The molecule has 6 nitrogen and oxygen atoms in total. The van der Waals surface area contributed by atoms with Crippen molar-refractivity contribution in [2.45, 2.75) is 47.5 Å². The lowest BCUT2D eigenvalue weighted by molar-refractivity contribution is -0.384. The second-order valence-electron chi connectivity index (χ2n) is 6.27. The van der Waals surface area contributed by atoms with Crippen LogP contribution in [0.2, 0.25) is 0 Å². The molecule has 1 rings (SSSR count). The highest BCUT2D eigenvalue weighted by molar-refractivity contribution is 5.60. The van der Waals surface area contributed by atoms with E-state index in [4.69, 9.17) is 0 Å². The predicted octanol–water partition coefficient (Wildman–Crippen LogP) is 3.37. The van der Waals surface area contributed by atoms with Gasteiger partial charge in [-0.15, -0.1) is 0 Å². The normalized spacial score (nSPS) is 11.9. The van der Waals surface area contributed by atoms with Gasteiger partial charge in [0.05, 0.1) is 4.92 Å². The van der Waals surface area contributed by atoms with E-state index in [1.165, 1.54) is 0 Å². The molecular weight excluding hydrogens is 256 g/mol. The molecule has 0 atom stereocenters. The number of hydrogen-bond acceptors (Lipinski definition) is 4. The Bertz CT molecular complexity index is 478. The van der Waals surface area contributed by atoms with Gasteiger partial charge in [0.1, 0.15) is 5.69 Å². The summed E-state index contributed by atoms with van der Waals surface area (Å²) in [6.45, 7) is 11.3. The lowest BCUT2D eigenvalue weighted by Crippen LogP contribution is -2.29. The molecule has 0 radical (unpaired) electrons. The number of aryl methyl sites for hydroxylation is 2. The number of anilines is 1. The molecule has 0 aliphatic rings. The molecule has 1 heterocycles. The summed E-state index contributed by atoms with van der Waals surface area (Å²) in [5.41, 5.74) is 0.738. The lowest BCUT2D eigenvalue weighted by atomic mass is 9.81. The molecular formula is C14H26N4O2. The number of nitrogens with one attached hydrogen (secondary N) is 1. The summed E-state index contributed by atoms with van der Waals surface area (Å²) in [6.07, 6.45) is 1.47. The van der Waals surface area contributed by atoms with Gasteiger partial charge in [-0.1, -0.05) is 41.0 Å². The van der Waals surface area contributed by atoms with Gasteiger partial charge in [-0.05, 0) is 17.8 Å². The van der Waals surface area contributed by atoms with Gasteiger partial charge in [-0.2, -0.15) is 5.10 Å². The van der Waals surface area contributed by atoms with Gasteiger partial charge in [0.2, 0.25) is 5.82 Å². The van der Waals surface area contributed by atoms with Crippen molar-refractivity contribution in [2.24, 2.45) is 18.4 Å². The molecule has 114 valence electrons. The van der Waals surface area contributed by atoms with Gasteiger partial charge in [-0.25, -0.2) is 4.68 Å². The maximum absolute atomic E-state index is 11.3. The van der Waals surface area contributed by atoms with Crippen LogP contribution < -0.4 is 5.32 Å². The molecule has 0 aromatic carbocycles. The zero-order chi connectivity index (χ0) is 15.5. The van der Waals surface area contributed by atoms with Crippen molar-refractivity contribution in [2.75, 3.05) is 11.9 Å². The topological polar surface area (TPSA) is 73.0 Å². The molecule has 0 saturated heterocycles. The minimum atomic E-state index is -0.331. The van der Waals surface area contributed by atoms with Crippen molar-refractivity contribution >= 4 is 11.5 Å². The first-order chi connectivity index (χ1) is 9.20. The van der Waals surface area contributed by atoms with E-state index in [0.717, 1.165) is 6.42 Å². The smallest absolute Gasteiger partial charge is 0.333 e. The van der Waals surface area contributed by atoms with Gasteiger partial charge in [0.15, 0.2) is 0 Å². The zero-order valence-electron chi connectivity index (χ0n) is 13.4. The second-order valence-corrected chi connectivity index (χ2v) is 6.27. The van der Waals surface area contributed by atoms with Gasteiger partial charge in [-0.3, -0.25) is 10.1 Å². The molecule has 0 saturated carbocycles. The van der Waals surface area contributed by atoms with Gasteiger partial charge in [0.25, 0.3) is 0 Å². The first-order valence-electron chi connectivity index (χ1n) is 7.14.